The number of fused-ring (bicyclic) bond motifs is 3. The predicted octanol–water partition coefficient (Wildman–Crippen LogP) is 0.707. The van der Waals surface area contributed by atoms with E-state index in [0.717, 1.165) is 0 Å². The third kappa shape index (κ3) is 1.02. The molecule has 1 aromatic carbocycles. The van der Waals surface area contributed by atoms with Gasteiger partial charge in [0.25, 0.3) is 0 Å². The molecule has 0 saturated heterocycles. The van der Waals surface area contributed by atoms with E-state index < -0.39 is 5.76 Å². The molecule has 3 aromatic rings. The van der Waals surface area contributed by atoms with E-state index in [9.17, 15) is 4.79 Å². The lowest BCUT2D eigenvalue weighted by Crippen LogP contribution is -1.95. The molecular weight excluding hydrogens is 208 g/mol. The molecule has 0 aliphatic rings. The molecule has 0 bridgehead atoms. The fourth-order valence-corrected chi connectivity index (χ4v) is 1.56. The Bertz CT molecular complexity index is 794. The average molecular weight is 212 g/mol. The summed E-state index contributed by atoms with van der Waals surface area (Å²) in [5.74, 6) is -0.741. The first-order valence-electron chi connectivity index (χ1n) is 4.48. The van der Waals surface area contributed by atoms with E-state index in [1.165, 1.54) is 4.57 Å². The van der Waals surface area contributed by atoms with Gasteiger partial charge in [0.05, 0.1) is 5.52 Å². The molecule has 0 spiro atoms. The van der Waals surface area contributed by atoms with Crippen molar-refractivity contribution in [2.24, 2.45) is 0 Å². The van der Waals surface area contributed by atoms with Crippen molar-refractivity contribution in [2.45, 2.75) is 0 Å². The van der Waals surface area contributed by atoms with Gasteiger partial charge in [-0.3, -0.25) is 0 Å². The lowest BCUT2D eigenvalue weighted by Gasteiger charge is -1.99. The van der Waals surface area contributed by atoms with Crippen molar-refractivity contribution in [1.82, 2.24) is 14.5 Å². The molecule has 2 aromatic heterocycles. The SMILES string of the molecule is N#Cc1nc2ccccc2n2oc(=O)nc12. The lowest BCUT2D eigenvalue weighted by molar-refractivity contribution is 0.355. The smallest absolute Gasteiger partial charge is 0.313 e. The van der Waals surface area contributed by atoms with Gasteiger partial charge in [-0.1, -0.05) is 12.1 Å². The maximum atomic E-state index is 11.1. The standard InChI is InChI=1S/C10H4N4O2/c11-5-7-9-13-10(15)16-14(9)8-4-2-1-3-6(8)12-7/h1-4H. The van der Waals surface area contributed by atoms with Gasteiger partial charge >= 0.3 is 5.76 Å². The van der Waals surface area contributed by atoms with E-state index in [1.54, 1.807) is 24.3 Å². The van der Waals surface area contributed by atoms with Gasteiger partial charge in [-0.2, -0.15) is 5.26 Å². The molecule has 0 saturated carbocycles. The Labute approximate surface area is 88.3 Å². The van der Waals surface area contributed by atoms with Crippen LogP contribution in [0.5, 0.6) is 0 Å². The first-order valence-corrected chi connectivity index (χ1v) is 4.48. The zero-order chi connectivity index (χ0) is 11.1. The maximum absolute atomic E-state index is 11.1. The van der Waals surface area contributed by atoms with Gasteiger partial charge in [0.1, 0.15) is 11.6 Å². The Morgan fingerprint density at radius 2 is 2.12 bits per heavy atom. The summed E-state index contributed by atoms with van der Waals surface area (Å²) < 4.78 is 6.11. The summed E-state index contributed by atoms with van der Waals surface area (Å²) in [5.41, 5.74) is 1.40. The first-order chi connectivity index (χ1) is 7.79. The first kappa shape index (κ1) is 8.61. The number of rotatable bonds is 0. The van der Waals surface area contributed by atoms with E-state index in [0.29, 0.717) is 11.0 Å². The summed E-state index contributed by atoms with van der Waals surface area (Å²) in [6.07, 6.45) is 0. The molecule has 0 unspecified atom stereocenters. The molecule has 0 radical (unpaired) electrons. The highest BCUT2D eigenvalue weighted by atomic mass is 16.5. The number of aromatic nitrogens is 3. The van der Waals surface area contributed by atoms with Crippen LogP contribution in [0.3, 0.4) is 0 Å². The quantitative estimate of drug-likeness (QED) is 0.547. The number of nitriles is 1. The van der Waals surface area contributed by atoms with Crippen LogP contribution in [0.1, 0.15) is 5.69 Å². The molecule has 3 rings (SSSR count). The van der Waals surface area contributed by atoms with Gasteiger partial charge in [-0.05, 0) is 12.1 Å². The largest absolute Gasteiger partial charge is 0.460 e. The minimum absolute atomic E-state index is 0.0737. The minimum Gasteiger partial charge on any atom is -0.313 e. The number of para-hydroxylation sites is 2. The van der Waals surface area contributed by atoms with E-state index in [4.69, 9.17) is 9.78 Å². The van der Waals surface area contributed by atoms with Crippen molar-refractivity contribution in [3.8, 4) is 6.07 Å². The van der Waals surface area contributed by atoms with Crippen LogP contribution >= 0.6 is 0 Å². The highest BCUT2D eigenvalue weighted by Crippen LogP contribution is 2.14. The molecule has 0 aliphatic heterocycles. The van der Waals surface area contributed by atoms with Gasteiger partial charge in [-0.25, -0.2) is 9.78 Å². The summed E-state index contributed by atoms with van der Waals surface area (Å²) in [6, 6.07) is 8.93. The molecule has 0 aliphatic carbocycles. The minimum atomic E-state index is -0.741. The topological polar surface area (TPSA) is 84.2 Å². The molecule has 6 heteroatoms. The zero-order valence-corrected chi connectivity index (χ0v) is 7.91. The molecule has 16 heavy (non-hydrogen) atoms. The fraction of sp³-hybridized carbons (Fsp3) is 0. The Kier molecular flexibility index (Phi) is 1.56. The summed E-state index contributed by atoms with van der Waals surface area (Å²) >= 11 is 0. The Hall–Kier alpha value is -2.68. The Morgan fingerprint density at radius 3 is 2.94 bits per heavy atom. The number of hydrogen-bond acceptors (Lipinski definition) is 5. The Morgan fingerprint density at radius 1 is 1.31 bits per heavy atom. The molecule has 0 atom stereocenters. The molecule has 6 nitrogen and oxygen atoms in total. The molecule has 76 valence electrons. The van der Waals surface area contributed by atoms with Crippen molar-refractivity contribution < 1.29 is 4.52 Å². The summed E-state index contributed by atoms with van der Waals surface area (Å²) in [4.78, 5) is 18.7. The third-order valence-corrected chi connectivity index (χ3v) is 2.21. The van der Waals surface area contributed by atoms with E-state index in [1.807, 2.05) is 6.07 Å². The average Bonchev–Trinajstić information content (AvgIpc) is 2.69. The van der Waals surface area contributed by atoms with Crippen LogP contribution in [0.15, 0.2) is 33.6 Å². The van der Waals surface area contributed by atoms with E-state index >= 15 is 0 Å². The highest BCUT2D eigenvalue weighted by molar-refractivity contribution is 5.78. The molecule has 0 fully saturated rings. The Balaban J connectivity index is 2.68. The van der Waals surface area contributed by atoms with Crippen LogP contribution in [-0.4, -0.2) is 14.5 Å². The predicted molar refractivity (Wildman–Crippen MR) is 53.7 cm³/mol. The van der Waals surface area contributed by atoms with E-state index in [2.05, 4.69) is 9.97 Å². The van der Waals surface area contributed by atoms with Gasteiger partial charge in [-0.15, -0.1) is 9.56 Å². The van der Waals surface area contributed by atoms with Crippen LogP contribution in [0, 0.1) is 11.3 Å². The summed E-state index contributed by atoms with van der Waals surface area (Å²) in [7, 11) is 0. The monoisotopic (exact) mass is 212 g/mol. The molecular formula is C10H4N4O2. The van der Waals surface area contributed by atoms with Crippen LogP contribution in [-0.2, 0) is 0 Å². The van der Waals surface area contributed by atoms with Crippen molar-refractivity contribution in [2.75, 3.05) is 0 Å². The van der Waals surface area contributed by atoms with Crippen molar-refractivity contribution in [3.05, 3.63) is 40.5 Å². The zero-order valence-electron chi connectivity index (χ0n) is 7.91. The normalized spacial score (nSPS) is 10.7. The van der Waals surface area contributed by atoms with Crippen LogP contribution in [0.4, 0.5) is 0 Å². The van der Waals surface area contributed by atoms with Crippen LogP contribution in [0.2, 0.25) is 0 Å². The van der Waals surface area contributed by atoms with Crippen LogP contribution < -0.4 is 5.76 Å². The van der Waals surface area contributed by atoms with Crippen molar-refractivity contribution in [1.29, 1.82) is 5.26 Å². The molecule has 0 N–H and O–H groups in total. The summed E-state index contributed by atoms with van der Waals surface area (Å²) in [6.45, 7) is 0. The summed E-state index contributed by atoms with van der Waals surface area (Å²) in [5, 5.41) is 8.89. The number of benzene rings is 1. The molecule has 0 amide bonds. The number of hydrogen-bond donors (Lipinski definition) is 0. The highest BCUT2D eigenvalue weighted by Gasteiger charge is 2.11. The second-order valence-corrected chi connectivity index (χ2v) is 3.15. The van der Waals surface area contributed by atoms with Crippen molar-refractivity contribution >= 4 is 16.7 Å². The van der Waals surface area contributed by atoms with Gasteiger partial charge in [0.2, 0.25) is 5.65 Å². The third-order valence-electron chi connectivity index (χ3n) is 2.21. The van der Waals surface area contributed by atoms with Gasteiger partial charge in [0.15, 0.2) is 5.69 Å². The van der Waals surface area contributed by atoms with Crippen molar-refractivity contribution in [3.63, 3.8) is 0 Å². The fourth-order valence-electron chi connectivity index (χ4n) is 1.56. The van der Waals surface area contributed by atoms with E-state index in [-0.39, 0.29) is 11.3 Å². The molecule has 2 heterocycles. The maximum Gasteiger partial charge on any atom is 0.460 e. The van der Waals surface area contributed by atoms with Gasteiger partial charge < -0.3 is 4.52 Å². The lowest BCUT2D eigenvalue weighted by atomic mass is 10.3. The second kappa shape index (κ2) is 2.90. The second-order valence-electron chi connectivity index (χ2n) is 3.15. The van der Waals surface area contributed by atoms with Crippen LogP contribution in [0.25, 0.3) is 16.7 Å². The van der Waals surface area contributed by atoms with Gasteiger partial charge in [0, 0.05) is 0 Å². The number of nitrogens with zero attached hydrogens (tertiary/aromatic N) is 4.